The lowest BCUT2D eigenvalue weighted by molar-refractivity contribution is -0.138. The zero-order chi connectivity index (χ0) is 20.5. The lowest BCUT2D eigenvalue weighted by atomic mass is 10.1. The first kappa shape index (κ1) is 24.8. The van der Waals surface area contributed by atoms with Crippen molar-refractivity contribution in [2.45, 2.75) is 38.1 Å². The number of carbonyl (C=O) groups excluding carboxylic acids is 3. The van der Waals surface area contributed by atoms with Crippen LogP contribution in [-0.2, 0) is 19.2 Å². The van der Waals surface area contributed by atoms with Crippen LogP contribution in [0.3, 0.4) is 0 Å². The normalized spacial score (nSPS) is 11.5. The highest BCUT2D eigenvalue weighted by Gasteiger charge is 2.13. The maximum Gasteiger partial charge on any atom is 0.320 e. The van der Waals surface area contributed by atoms with Crippen LogP contribution in [0.15, 0.2) is 0 Å². The van der Waals surface area contributed by atoms with Gasteiger partial charge in [0.05, 0.1) is 0 Å². The molecule has 0 saturated carbocycles. The Bertz CT molecular complexity index is 474. The lowest BCUT2D eigenvalue weighted by Crippen LogP contribution is -2.37. The van der Waals surface area contributed by atoms with Gasteiger partial charge in [0.1, 0.15) is 6.04 Å². The fourth-order valence-corrected chi connectivity index (χ4v) is 2.00. The summed E-state index contributed by atoms with van der Waals surface area (Å²) in [5.41, 5.74) is 10.6. The summed E-state index contributed by atoms with van der Waals surface area (Å²) in [5, 5.41) is 19.7. The van der Waals surface area contributed by atoms with Gasteiger partial charge < -0.3 is 37.8 Å². The summed E-state index contributed by atoms with van der Waals surface area (Å²) in [5.74, 6) is -1.60. The number of hydrogen-bond donors (Lipinski definition) is 7. The molecular formula is C16H32N6O5. The molecule has 0 fully saturated rings. The molecule has 0 aliphatic heterocycles. The van der Waals surface area contributed by atoms with Crippen molar-refractivity contribution in [3.05, 3.63) is 0 Å². The van der Waals surface area contributed by atoms with E-state index in [1.807, 2.05) is 0 Å². The van der Waals surface area contributed by atoms with Gasteiger partial charge in [-0.2, -0.15) is 0 Å². The van der Waals surface area contributed by atoms with Crippen molar-refractivity contribution in [2.24, 2.45) is 11.5 Å². The highest BCUT2D eigenvalue weighted by molar-refractivity contribution is 5.79. The maximum absolute atomic E-state index is 11.6. The summed E-state index contributed by atoms with van der Waals surface area (Å²) < 4.78 is 0. The van der Waals surface area contributed by atoms with E-state index in [1.54, 1.807) is 0 Å². The molecule has 0 aliphatic rings. The summed E-state index contributed by atoms with van der Waals surface area (Å²) in [6, 6.07) is -1.03. The number of carboxylic acid groups (broad SMARTS) is 1. The van der Waals surface area contributed by atoms with E-state index in [-0.39, 0.29) is 37.0 Å². The standard InChI is InChI=1S/C16H32N6O5/c17-6-7-20-13(23)2-1-3-14(24)21-10-8-19-9-11-22-15(25)5-4-12(18)16(26)27/h12,19H,1-11,17-18H2,(H,20,23)(H,21,24)(H,22,25)(H,26,27)/t12-/m0/s1. The third-order valence-electron chi connectivity index (χ3n) is 3.52. The molecule has 0 aromatic carbocycles. The number of rotatable bonds is 16. The van der Waals surface area contributed by atoms with Gasteiger partial charge in [0.15, 0.2) is 0 Å². The van der Waals surface area contributed by atoms with Gasteiger partial charge >= 0.3 is 5.97 Å². The molecule has 27 heavy (non-hydrogen) atoms. The van der Waals surface area contributed by atoms with Gasteiger partial charge in [-0.1, -0.05) is 0 Å². The van der Waals surface area contributed by atoms with E-state index >= 15 is 0 Å². The third kappa shape index (κ3) is 15.7. The summed E-state index contributed by atoms with van der Waals surface area (Å²) in [4.78, 5) is 44.9. The largest absolute Gasteiger partial charge is 0.480 e. The molecule has 1 atom stereocenters. The number of carbonyl (C=O) groups is 4. The first-order valence-corrected chi connectivity index (χ1v) is 9.06. The van der Waals surface area contributed by atoms with Crippen molar-refractivity contribution in [1.29, 1.82) is 0 Å². The Morgan fingerprint density at radius 2 is 1.26 bits per heavy atom. The smallest absolute Gasteiger partial charge is 0.320 e. The van der Waals surface area contributed by atoms with E-state index in [0.29, 0.717) is 52.1 Å². The van der Waals surface area contributed by atoms with Gasteiger partial charge in [0.25, 0.3) is 0 Å². The molecular weight excluding hydrogens is 356 g/mol. The highest BCUT2D eigenvalue weighted by Crippen LogP contribution is 1.95. The number of amides is 3. The van der Waals surface area contributed by atoms with Crippen molar-refractivity contribution in [3.63, 3.8) is 0 Å². The van der Waals surface area contributed by atoms with Crippen LogP contribution < -0.4 is 32.7 Å². The number of aliphatic carboxylic acids is 1. The second-order valence-corrected chi connectivity index (χ2v) is 5.93. The van der Waals surface area contributed by atoms with E-state index in [4.69, 9.17) is 16.6 Å². The Hall–Kier alpha value is -2.24. The molecule has 11 heteroatoms. The van der Waals surface area contributed by atoms with E-state index < -0.39 is 12.0 Å². The zero-order valence-corrected chi connectivity index (χ0v) is 15.6. The highest BCUT2D eigenvalue weighted by atomic mass is 16.4. The molecule has 0 unspecified atom stereocenters. The van der Waals surface area contributed by atoms with Crippen molar-refractivity contribution in [3.8, 4) is 0 Å². The van der Waals surface area contributed by atoms with Gasteiger partial charge in [0, 0.05) is 58.5 Å². The third-order valence-corrected chi connectivity index (χ3v) is 3.52. The molecule has 9 N–H and O–H groups in total. The lowest BCUT2D eigenvalue weighted by Gasteiger charge is -2.09. The molecule has 3 amide bonds. The van der Waals surface area contributed by atoms with Crippen molar-refractivity contribution in [2.75, 3.05) is 39.3 Å². The summed E-state index contributed by atoms with van der Waals surface area (Å²) >= 11 is 0. The van der Waals surface area contributed by atoms with Gasteiger partial charge in [0.2, 0.25) is 17.7 Å². The first-order valence-electron chi connectivity index (χ1n) is 9.06. The second-order valence-electron chi connectivity index (χ2n) is 5.93. The topological polar surface area (TPSA) is 189 Å². The monoisotopic (exact) mass is 388 g/mol. The van der Waals surface area contributed by atoms with Gasteiger partial charge in [-0.05, 0) is 12.8 Å². The van der Waals surface area contributed by atoms with Crippen LogP contribution in [-0.4, -0.2) is 74.1 Å². The Labute approximate surface area is 159 Å². The summed E-state index contributed by atoms with van der Waals surface area (Å²) in [6.07, 6.45) is 1.21. The summed E-state index contributed by atoms with van der Waals surface area (Å²) in [7, 11) is 0. The molecule has 0 spiro atoms. The molecule has 156 valence electrons. The molecule has 0 radical (unpaired) electrons. The number of hydrogen-bond acceptors (Lipinski definition) is 7. The SMILES string of the molecule is NCCNC(=O)CCCC(=O)NCCNCCNC(=O)CC[C@H](N)C(=O)O. The van der Waals surface area contributed by atoms with Crippen LogP contribution in [0.5, 0.6) is 0 Å². The van der Waals surface area contributed by atoms with Crippen LogP contribution in [0.1, 0.15) is 32.1 Å². The van der Waals surface area contributed by atoms with Gasteiger partial charge in [-0.15, -0.1) is 0 Å². The van der Waals surface area contributed by atoms with Crippen LogP contribution in [0.25, 0.3) is 0 Å². The van der Waals surface area contributed by atoms with Crippen LogP contribution in [0, 0.1) is 0 Å². The Morgan fingerprint density at radius 1 is 0.778 bits per heavy atom. The van der Waals surface area contributed by atoms with Crippen LogP contribution in [0.2, 0.25) is 0 Å². The van der Waals surface area contributed by atoms with E-state index in [0.717, 1.165) is 0 Å². The Morgan fingerprint density at radius 3 is 1.74 bits per heavy atom. The minimum Gasteiger partial charge on any atom is -0.480 e. The predicted octanol–water partition coefficient (Wildman–Crippen LogP) is -2.75. The molecule has 0 bridgehead atoms. The van der Waals surface area contributed by atoms with Crippen molar-refractivity contribution >= 4 is 23.7 Å². The first-order chi connectivity index (χ1) is 12.9. The van der Waals surface area contributed by atoms with Crippen LogP contribution >= 0.6 is 0 Å². The molecule has 0 aliphatic carbocycles. The average Bonchev–Trinajstić information content (AvgIpc) is 2.63. The zero-order valence-electron chi connectivity index (χ0n) is 15.6. The predicted molar refractivity (Wildman–Crippen MR) is 99.6 cm³/mol. The Balaban J connectivity index is 3.47. The van der Waals surface area contributed by atoms with Crippen LogP contribution in [0.4, 0.5) is 0 Å². The second kappa shape index (κ2) is 16.0. The van der Waals surface area contributed by atoms with Gasteiger partial charge in [-0.25, -0.2) is 0 Å². The minimum absolute atomic E-state index is 0.0633. The molecule has 0 rings (SSSR count). The van der Waals surface area contributed by atoms with E-state index in [2.05, 4.69) is 21.3 Å². The average molecular weight is 388 g/mol. The van der Waals surface area contributed by atoms with Crippen molar-refractivity contribution < 1.29 is 24.3 Å². The van der Waals surface area contributed by atoms with Crippen molar-refractivity contribution in [1.82, 2.24) is 21.3 Å². The summed E-state index contributed by atoms with van der Waals surface area (Å²) in [6.45, 7) is 2.73. The number of nitrogens with one attached hydrogen (secondary N) is 4. The fraction of sp³-hybridized carbons (Fsp3) is 0.750. The van der Waals surface area contributed by atoms with E-state index in [9.17, 15) is 19.2 Å². The molecule has 0 aromatic heterocycles. The van der Waals surface area contributed by atoms with E-state index in [1.165, 1.54) is 0 Å². The minimum atomic E-state index is -1.12. The Kier molecular flexibility index (Phi) is 14.6. The molecule has 0 saturated heterocycles. The quantitative estimate of drug-likeness (QED) is 0.138. The maximum atomic E-state index is 11.6. The number of nitrogens with two attached hydrogens (primary N) is 2. The van der Waals surface area contributed by atoms with Gasteiger partial charge in [-0.3, -0.25) is 19.2 Å². The molecule has 0 heterocycles. The fourth-order valence-electron chi connectivity index (χ4n) is 2.00. The number of carboxylic acids is 1. The molecule has 0 aromatic rings. The molecule has 11 nitrogen and oxygen atoms in total.